The van der Waals surface area contributed by atoms with Gasteiger partial charge in [0.1, 0.15) is 0 Å². The number of aromatic nitrogens is 3. The minimum atomic E-state index is -0.139. The normalized spacial score (nSPS) is 9.84. The number of nitrogens with zero attached hydrogens (tertiary/aromatic N) is 3. The molecule has 0 aliphatic carbocycles. The van der Waals surface area contributed by atoms with Crippen LogP contribution < -0.4 is 10.6 Å². The van der Waals surface area contributed by atoms with Gasteiger partial charge in [0.05, 0.1) is 31.2 Å². The monoisotopic (exact) mass is 255 g/mol. The molecule has 6 heteroatoms. The van der Waals surface area contributed by atoms with E-state index in [4.69, 9.17) is 6.42 Å². The van der Waals surface area contributed by atoms with E-state index in [9.17, 15) is 4.79 Å². The predicted octanol–water partition coefficient (Wildman–Crippen LogP) is 0.429. The van der Waals surface area contributed by atoms with Gasteiger partial charge in [-0.1, -0.05) is 5.92 Å². The zero-order valence-corrected chi connectivity index (χ0v) is 10.2. The van der Waals surface area contributed by atoms with E-state index in [1.165, 1.54) is 4.80 Å². The van der Waals surface area contributed by atoms with Crippen LogP contribution in [0.4, 0.5) is 5.69 Å². The highest BCUT2D eigenvalue weighted by Crippen LogP contribution is 2.11. The van der Waals surface area contributed by atoms with E-state index >= 15 is 0 Å². The second kappa shape index (κ2) is 6.33. The minimum absolute atomic E-state index is 0.139. The second-order valence-corrected chi connectivity index (χ2v) is 3.72. The Bertz CT molecular complexity index is 568. The fourth-order valence-electron chi connectivity index (χ4n) is 1.48. The maximum atomic E-state index is 11.5. The van der Waals surface area contributed by atoms with Crippen LogP contribution in [0.2, 0.25) is 0 Å². The molecule has 0 unspecified atom stereocenters. The lowest BCUT2D eigenvalue weighted by molar-refractivity contribution is -0.115. The van der Waals surface area contributed by atoms with Gasteiger partial charge in [-0.2, -0.15) is 15.0 Å². The lowest BCUT2D eigenvalue weighted by atomic mass is 10.3. The predicted molar refractivity (Wildman–Crippen MR) is 71.7 cm³/mol. The number of terminal acetylenes is 1. The van der Waals surface area contributed by atoms with Crippen molar-refractivity contribution in [3.05, 3.63) is 36.7 Å². The first-order valence-electron chi connectivity index (χ1n) is 5.70. The molecule has 0 atom stereocenters. The van der Waals surface area contributed by atoms with Gasteiger partial charge in [0.15, 0.2) is 0 Å². The summed E-state index contributed by atoms with van der Waals surface area (Å²) in [6.07, 6.45) is 8.28. The summed E-state index contributed by atoms with van der Waals surface area (Å²) in [5, 5.41) is 13.6. The fourth-order valence-corrected chi connectivity index (χ4v) is 1.48. The Hall–Kier alpha value is -2.65. The molecule has 1 aromatic carbocycles. The summed E-state index contributed by atoms with van der Waals surface area (Å²) < 4.78 is 0. The number of benzene rings is 1. The van der Waals surface area contributed by atoms with Crippen LogP contribution in [0.5, 0.6) is 0 Å². The molecule has 0 fully saturated rings. The van der Waals surface area contributed by atoms with Crippen molar-refractivity contribution in [2.24, 2.45) is 0 Å². The summed E-state index contributed by atoms with van der Waals surface area (Å²) in [7, 11) is 0. The smallest absolute Gasteiger partial charge is 0.238 e. The molecule has 6 nitrogen and oxygen atoms in total. The number of carbonyl (C=O) groups is 1. The number of hydrogen-bond donors (Lipinski definition) is 2. The molecule has 1 amide bonds. The number of amides is 1. The number of nitrogens with one attached hydrogen (secondary N) is 2. The van der Waals surface area contributed by atoms with Crippen LogP contribution >= 0.6 is 0 Å². The van der Waals surface area contributed by atoms with Crippen molar-refractivity contribution in [2.45, 2.75) is 0 Å². The Kier molecular flexibility index (Phi) is 4.26. The SMILES string of the molecule is C#CCNCC(=O)Nc1ccc(-n2nccn2)cc1. The van der Waals surface area contributed by atoms with Crippen LogP contribution in [0.3, 0.4) is 0 Å². The van der Waals surface area contributed by atoms with Crippen LogP contribution in [-0.2, 0) is 4.79 Å². The number of anilines is 1. The van der Waals surface area contributed by atoms with Gasteiger partial charge in [-0.15, -0.1) is 6.42 Å². The molecule has 0 saturated carbocycles. The lowest BCUT2D eigenvalue weighted by Gasteiger charge is -2.06. The molecule has 1 aromatic heterocycles. The summed E-state index contributed by atoms with van der Waals surface area (Å²) in [5.41, 5.74) is 1.54. The van der Waals surface area contributed by atoms with Crippen LogP contribution in [0.15, 0.2) is 36.7 Å². The summed E-state index contributed by atoms with van der Waals surface area (Å²) in [6, 6.07) is 7.23. The number of carbonyl (C=O) groups excluding carboxylic acids is 1. The van der Waals surface area contributed by atoms with Crippen LogP contribution in [0.25, 0.3) is 5.69 Å². The van der Waals surface area contributed by atoms with E-state index in [1.807, 2.05) is 12.1 Å². The van der Waals surface area contributed by atoms with Crippen molar-refractivity contribution in [2.75, 3.05) is 18.4 Å². The Morgan fingerprint density at radius 1 is 1.26 bits per heavy atom. The van der Waals surface area contributed by atoms with Crippen molar-refractivity contribution in [3.8, 4) is 18.0 Å². The average Bonchev–Trinajstić information content (AvgIpc) is 2.94. The van der Waals surface area contributed by atoms with Crippen LogP contribution in [0, 0.1) is 12.3 Å². The number of rotatable bonds is 5. The van der Waals surface area contributed by atoms with Crippen molar-refractivity contribution < 1.29 is 4.79 Å². The standard InChI is InChI=1S/C13H13N5O/c1-2-7-14-10-13(19)17-11-3-5-12(6-4-11)18-15-8-9-16-18/h1,3-6,8-9,14H,7,10H2,(H,17,19). The topological polar surface area (TPSA) is 71.8 Å². The highest BCUT2D eigenvalue weighted by Gasteiger charge is 2.02. The molecule has 2 N–H and O–H groups in total. The van der Waals surface area contributed by atoms with Crippen molar-refractivity contribution in [1.82, 2.24) is 20.3 Å². The molecule has 0 aliphatic heterocycles. The van der Waals surface area contributed by atoms with Crippen LogP contribution in [0.1, 0.15) is 0 Å². The molecular formula is C13H13N5O. The quantitative estimate of drug-likeness (QED) is 0.600. The highest BCUT2D eigenvalue weighted by molar-refractivity contribution is 5.92. The number of hydrogen-bond acceptors (Lipinski definition) is 4. The van der Waals surface area contributed by atoms with Gasteiger partial charge in [-0.25, -0.2) is 0 Å². The molecule has 19 heavy (non-hydrogen) atoms. The van der Waals surface area contributed by atoms with E-state index < -0.39 is 0 Å². The Balaban J connectivity index is 1.92. The third-order valence-corrected chi connectivity index (χ3v) is 2.31. The molecule has 0 radical (unpaired) electrons. The molecular weight excluding hydrogens is 242 g/mol. The first-order chi connectivity index (χ1) is 9.29. The third kappa shape index (κ3) is 3.66. The molecule has 0 spiro atoms. The van der Waals surface area contributed by atoms with Gasteiger partial charge in [-0.05, 0) is 24.3 Å². The maximum Gasteiger partial charge on any atom is 0.238 e. The Morgan fingerprint density at radius 3 is 2.58 bits per heavy atom. The van der Waals surface area contributed by atoms with Gasteiger partial charge in [0, 0.05) is 5.69 Å². The Morgan fingerprint density at radius 2 is 1.95 bits per heavy atom. The molecule has 1 heterocycles. The lowest BCUT2D eigenvalue weighted by Crippen LogP contribution is -2.28. The van der Waals surface area contributed by atoms with Crippen molar-refractivity contribution in [1.29, 1.82) is 0 Å². The molecule has 0 saturated heterocycles. The van der Waals surface area contributed by atoms with Gasteiger partial charge in [0.25, 0.3) is 0 Å². The van der Waals surface area contributed by atoms with E-state index in [1.54, 1.807) is 24.5 Å². The molecule has 0 aliphatic rings. The third-order valence-electron chi connectivity index (χ3n) is 2.31. The van der Waals surface area contributed by atoms with Gasteiger partial charge in [-0.3, -0.25) is 10.1 Å². The summed E-state index contributed by atoms with van der Waals surface area (Å²) >= 11 is 0. The first kappa shape index (κ1) is 12.8. The highest BCUT2D eigenvalue weighted by atomic mass is 16.1. The van der Waals surface area contributed by atoms with E-state index in [2.05, 4.69) is 26.8 Å². The maximum absolute atomic E-state index is 11.5. The van der Waals surface area contributed by atoms with Crippen molar-refractivity contribution in [3.63, 3.8) is 0 Å². The van der Waals surface area contributed by atoms with Crippen LogP contribution in [-0.4, -0.2) is 34.0 Å². The van der Waals surface area contributed by atoms with E-state index in [0.29, 0.717) is 12.2 Å². The summed E-state index contributed by atoms with van der Waals surface area (Å²) in [4.78, 5) is 13.0. The molecule has 0 bridgehead atoms. The first-order valence-corrected chi connectivity index (χ1v) is 5.70. The summed E-state index contributed by atoms with van der Waals surface area (Å²) in [5.74, 6) is 2.26. The van der Waals surface area contributed by atoms with Crippen molar-refractivity contribution >= 4 is 11.6 Å². The van der Waals surface area contributed by atoms with Gasteiger partial charge in [0.2, 0.25) is 5.91 Å². The second-order valence-electron chi connectivity index (χ2n) is 3.72. The van der Waals surface area contributed by atoms with Gasteiger partial charge >= 0.3 is 0 Å². The fraction of sp³-hybridized carbons (Fsp3) is 0.154. The molecule has 2 aromatic rings. The largest absolute Gasteiger partial charge is 0.325 e. The zero-order chi connectivity index (χ0) is 13.5. The molecule has 2 rings (SSSR count). The zero-order valence-electron chi connectivity index (χ0n) is 10.2. The van der Waals surface area contributed by atoms with E-state index in [0.717, 1.165) is 5.69 Å². The summed E-state index contributed by atoms with van der Waals surface area (Å²) in [6.45, 7) is 0.560. The Labute approximate surface area is 110 Å². The van der Waals surface area contributed by atoms with E-state index in [-0.39, 0.29) is 12.5 Å². The average molecular weight is 255 g/mol. The molecule has 96 valence electrons. The minimum Gasteiger partial charge on any atom is -0.325 e. The van der Waals surface area contributed by atoms with Gasteiger partial charge < -0.3 is 5.32 Å².